The first-order valence-corrected chi connectivity index (χ1v) is 8.67. The molecular formula is C18H17N3O3S. The van der Waals surface area contributed by atoms with E-state index in [0.717, 1.165) is 28.6 Å². The average molecular weight is 355 g/mol. The third kappa shape index (κ3) is 4.19. The van der Waals surface area contributed by atoms with E-state index in [1.807, 2.05) is 62.4 Å². The molecule has 1 amide bonds. The summed E-state index contributed by atoms with van der Waals surface area (Å²) in [6.45, 7) is 3.95. The second kappa shape index (κ2) is 7.40. The van der Waals surface area contributed by atoms with Gasteiger partial charge in [-0.1, -0.05) is 35.4 Å². The van der Waals surface area contributed by atoms with Gasteiger partial charge >= 0.3 is 0 Å². The third-order valence-corrected chi connectivity index (χ3v) is 4.55. The van der Waals surface area contributed by atoms with E-state index in [1.165, 1.54) is 4.68 Å². The van der Waals surface area contributed by atoms with Crippen molar-refractivity contribution in [2.45, 2.75) is 18.9 Å². The fourth-order valence-corrected chi connectivity index (χ4v) is 2.93. The molecule has 1 heterocycles. The molecule has 0 radical (unpaired) electrons. The lowest BCUT2D eigenvalue weighted by Crippen LogP contribution is -2.35. The van der Waals surface area contributed by atoms with Gasteiger partial charge in [0, 0.05) is 17.8 Å². The smallest absolute Gasteiger partial charge is 0.298 e. The number of aromatic nitrogens is 2. The summed E-state index contributed by atoms with van der Waals surface area (Å²) in [7, 11) is 0. The number of aryl methyl sites for hydroxylation is 2. The van der Waals surface area contributed by atoms with Gasteiger partial charge in [0.2, 0.25) is 11.6 Å². The molecule has 0 spiro atoms. The number of benzene rings is 2. The molecule has 1 N–H and O–H groups in total. The fraction of sp³-hybridized carbons (Fsp3) is 0.167. The second-order valence-electron chi connectivity index (χ2n) is 5.62. The highest BCUT2D eigenvalue weighted by Crippen LogP contribution is 2.23. The fourth-order valence-electron chi connectivity index (χ4n) is 2.18. The number of hydrogen-bond acceptors (Lipinski definition) is 5. The molecule has 6 nitrogen and oxygen atoms in total. The molecule has 0 aliphatic heterocycles. The molecule has 1 aromatic heterocycles. The van der Waals surface area contributed by atoms with Gasteiger partial charge < -0.3 is 14.9 Å². The zero-order chi connectivity index (χ0) is 17.8. The first-order chi connectivity index (χ1) is 12.0. The number of nitrogens with one attached hydrogen (secondary N) is 1. The molecule has 7 heteroatoms. The maximum Gasteiger partial charge on any atom is 0.298 e. The SMILES string of the molecule is Cc1ccc(NC(=O)CSc2c([O-])on[n+]2-c2ccc(C)cc2)cc1. The number of anilines is 1. The van der Waals surface area contributed by atoms with Crippen molar-refractivity contribution < 1.29 is 19.1 Å². The Bertz CT molecular complexity index is 874. The summed E-state index contributed by atoms with van der Waals surface area (Å²) in [4.78, 5) is 12.1. The number of carbonyl (C=O) groups excluding carboxylic acids is 1. The topological polar surface area (TPSA) is 82.1 Å². The summed E-state index contributed by atoms with van der Waals surface area (Å²) in [6.07, 6.45) is 0. The van der Waals surface area contributed by atoms with E-state index in [2.05, 4.69) is 10.6 Å². The van der Waals surface area contributed by atoms with Crippen LogP contribution >= 0.6 is 11.8 Å². The molecule has 0 fully saturated rings. The molecule has 0 aliphatic rings. The zero-order valence-electron chi connectivity index (χ0n) is 13.9. The minimum absolute atomic E-state index is 0.0796. The minimum atomic E-state index is -0.561. The number of carbonyl (C=O) groups is 1. The van der Waals surface area contributed by atoms with E-state index >= 15 is 0 Å². The molecule has 25 heavy (non-hydrogen) atoms. The summed E-state index contributed by atoms with van der Waals surface area (Å²) >= 11 is 1.09. The van der Waals surface area contributed by atoms with Gasteiger partial charge in [0.05, 0.1) is 11.0 Å². The first-order valence-electron chi connectivity index (χ1n) is 7.68. The third-order valence-electron chi connectivity index (χ3n) is 3.53. The van der Waals surface area contributed by atoms with Crippen molar-refractivity contribution in [2.75, 3.05) is 11.1 Å². The van der Waals surface area contributed by atoms with Crippen LogP contribution in [0, 0.1) is 13.8 Å². The lowest BCUT2D eigenvalue weighted by atomic mass is 10.2. The minimum Gasteiger partial charge on any atom is -0.538 e. The molecule has 0 bridgehead atoms. The Hall–Kier alpha value is -2.80. The predicted octanol–water partition coefficient (Wildman–Crippen LogP) is 2.37. The largest absolute Gasteiger partial charge is 0.538 e. The van der Waals surface area contributed by atoms with Gasteiger partial charge in [0.25, 0.3) is 5.03 Å². The van der Waals surface area contributed by atoms with Gasteiger partial charge in [-0.25, -0.2) is 0 Å². The Balaban J connectivity index is 1.68. The van der Waals surface area contributed by atoms with Crippen LogP contribution in [0.15, 0.2) is 58.1 Å². The highest BCUT2D eigenvalue weighted by atomic mass is 32.2. The van der Waals surface area contributed by atoms with Crippen LogP contribution in [0.2, 0.25) is 0 Å². The van der Waals surface area contributed by atoms with Crippen LogP contribution < -0.4 is 15.1 Å². The lowest BCUT2D eigenvalue weighted by Gasteiger charge is -2.04. The summed E-state index contributed by atoms with van der Waals surface area (Å²) in [6, 6.07) is 15.0. The Labute approximate surface area is 149 Å². The monoisotopic (exact) mass is 355 g/mol. The molecule has 0 atom stereocenters. The van der Waals surface area contributed by atoms with E-state index in [4.69, 9.17) is 4.52 Å². The van der Waals surface area contributed by atoms with Crippen LogP contribution in [0.1, 0.15) is 11.1 Å². The van der Waals surface area contributed by atoms with Crippen molar-refractivity contribution in [2.24, 2.45) is 0 Å². The maximum atomic E-state index is 12.1. The molecule has 3 aromatic rings. The molecule has 0 aliphatic carbocycles. The number of rotatable bonds is 5. The summed E-state index contributed by atoms with van der Waals surface area (Å²) < 4.78 is 6.16. The van der Waals surface area contributed by atoms with Gasteiger partial charge in [0.15, 0.2) is 5.95 Å². The summed E-state index contributed by atoms with van der Waals surface area (Å²) in [5.74, 6) is -0.686. The molecule has 3 rings (SSSR count). The zero-order valence-corrected chi connectivity index (χ0v) is 14.7. The molecule has 2 aromatic carbocycles. The van der Waals surface area contributed by atoms with Crippen molar-refractivity contribution in [1.82, 2.24) is 5.27 Å². The molecule has 0 saturated heterocycles. The molecule has 0 saturated carbocycles. The van der Waals surface area contributed by atoms with Gasteiger partial charge in [-0.05, 0) is 42.4 Å². The van der Waals surface area contributed by atoms with E-state index < -0.39 is 5.95 Å². The van der Waals surface area contributed by atoms with Gasteiger partial charge in [0.1, 0.15) is 0 Å². The van der Waals surface area contributed by atoms with Gasteiger partial charge in [-0.15, -0.1) is 0 Å². The van der Waals surface area contributed by atoms with Crippen molar-refractivity contribution in [1.29, 1.82) is 0 Å². The van der Waals surface area contributed by atoms with E-state index in [-0.39, 0.29) is 16.7 Å². The Kier molecular flexibility index (Phi) is 5.04. The molecule has 0 unspecified atom stereocenters. The summed E-state index contributed by atoms with van der Waals surface area (Å²) in [5, 5.41) is 18.7. The normalized spacial score (nSPS) is 10.6. The van der Waals surface area contributed by atoms with E-state index in [1.54, 1.807) is 0 Å². The molecule has 128 valence electrons. The molecular weight excluding hydrogens is 338 g/mol. The maximum absolute atomic E-state index is 12.1. The van der Waals surface area contributed by atoms with Gasteiger partial charge in [-0.3, -0.25) is 4.79 Å². The van der Waals surface area contributed by atoms with Crippen molar-refractivity contribution in [3.8, 4) is 11.6 Å². The highest BCUT2D eigenvalue weighted by molar-refractivity contribution is 7.99. The van der Waals surface area contributed by atoms with Crippen LogP contribution in [0.4, 0.5) is 5.69 Å². The number of amides is 1. The number of hydrogen-bond donors (Lipinski definition) is 1. The van der Waals surface area contributed by atoms with Crippen LogP contribution in [0.25, 0.3) is 5.69 Å². The Morgan fingerprint density at radius 2 is 1.72 bits per heavy atom. The Morgan fingerprint density at radius 3 is 2.36 bits per heavy atom. The summed E-state index contributed by atoms with van der Waals surface area (Å²) in [5.41, 5.74) is 3.64. The van der Waals surface area contributed by atoms with Crippen LogP contribution in [-0.2, 0) is 4.79 Å². The van der Waals surface area contributed by atoms with E-state index in [0.29, 0.717) is 5.69 Å². The van der Waals surface area contributed by atoms with E-state index in [9.17, 15) is 9.90 Å². The lowest BCUT2D eigenvalue weighted by molar-refractivity contribution is -0.705. The van der Waals surface area contributed by atoms with Crippen LogP contribution in [0.3, 0.4) is 0 Å². The van der Waals surface area contributed by atoms with Crippen molar-refractivity contribution in [3.05, 3.63) is 59.7 Å². The quantitative estimate of drug-likeness (QED) is 0.561. The standard InChI is InChI=1S/C18H17N3O3S/c1-12-3-7-14(8-4-12)19-16(22)11-25-17-18(23)24-20-21(17)15-9-5-13(2)6-10-15/h3-10H,11H2,1-2H3,(H-,19,20,22,23). The van der Waals surface area contributed by atoms with Crippen LogP contribution in [0.5, 0.6) is 5.95 Å². The highest BCUT2D eigenvalue weighted by Gasteiger charge is 2.22. The Morgan fingerprint density at radius 1 is 1.12 bits per heavy atom. The van der Waals surface area contributed by atoms with Crippen molar-refractivity contribution in [3.63, 3.8) is 0 Å². The average Bonchev–Trinajstić information content (AvgIpc) is 2.96. The number of thioether (sulfide) groups is 1. The van der Waals surface area contributed by atoms with Gasteiger partial charge in [-0.2, -0.15) is 0 Å². The first kappa shape index (κ1) is 17.0. The van der Waals surface area contributed by atoms with Crippen LogP contribution in [-0.4, -0.2) is 16.9 Å². The number of nitrogens with zero attached hydrogens (tertiary/aromatic N) is 2. The van der Waals surface area contributed by atoms with Crippen molar-refractivity contribution >= 4 is 23.4 Å². The predicted molar refractivity (Wildman–Crippen MR) is 92.8 cm³/mol. The second-order valence-corrected chi connectivity index (χ2v) is 6.58.